The number of aryl methyl sites for hydroxylation is 1. The Balaban J connectivity index is 1.74. The number of carbonyl (C=O) groups is 1. The van der Waals surface area contributed by atoms with Gasteiger partial charge in [-0.3, -0.25) is 0 Å². The third kappa shape index (κ3) is 7.00. The summed E-state index contributed by atoms with van der Waals surface area (Å²) < 4.78 is 61.4. The molecule has 0 saturated heterocycles. The molecule has 5 rings (SSSR count). The lowest BCUT2D eigenvalue weighted by Crippen LogP contribution is -2.29. The summed E-state index contributed by atoms with van der Waals surface area (Å²) in [7, 11) is 0. The van der Waals surface area contributed by atoms with E-state index < -0.39 is 35.0 Å². The van der Waals surface area contributed by atoms with Crippen LogP contribution in [0, 0.1) is 0 Å². The van der Waals surface area contributed by atoms with Crippen molar-refractivity contribution in [1.29, 1.82) is 0 Å². The molecule has 2 heterocycles. The van der Waals surface area contributed by atoms with E-state index in [1.807, 2.05) is 30.3 Å². The lowest BCUT2D eigenvalue weighted by Gasteiger charge is -2.30. The molecule has 6 nitrogen and oxygen atoms in total. The molecular weight excluding hydrogens is 559 g/mol. The molecule has 0 aliphatic carbocycles. The Bertz CT molecular complexity index is 1610. The van der Waals surface area contributed by atoms with E-state index in [1.54, 1.807) is 51.1 Å². The molecule has 3 aromatic carbocycles. The Morgan fingerprint density at radius 3 is 2.47 bits per heavy atom. The van der Waals surface area contributed by atoms with Crippen LogP contribution in [0.5, 0.6) is 11.6 Å². The van der Waals surface area contributed by atoms with E-state index in [-0.39, 0.29) is 18.1 Å². The molecule has 224 valence electrons. The van der Waals surface area contributed by atoms with Crippen LogP contribution in [-0.2, 0) is 28.7 Å². The summed E-state index contributed by atoms with van der Waals surface area (Å²) in [6.07, 6.45) is -3.81. The van der Waals surface area contributed by atoms with Crippen LogP contribution in [0.4, 0.5) is 13.2 Å². The Hall–Kier alpha value is -4.37. The zero-order valence-electron chi connectivity index (χ0n) is 24.1. The second kappa shape index (κ2) is 12.1. The summed E-state index contributed by atoms with van der Waals surface area (Å²) in [4.78, 5) is 16.9. The zero-order chi connectivity index (χ0) is 30.8. The van der Waals surface area contributed by atoms with Gasteiger partial charge in [0, 0.05) is 17.8 Å². The van der Waals surface area contributed by atoms with Crippen molar-refractivity contribution < 1.29 is 37.3 Å². The molecule has 1 aliphatic heterocycles. The van der Waals surface area contributed by atoms with E-state index in [2.05, 4.69) is 4.98 Å². The lowest BCUT2D eigenvalue weighted by atomic mass is 9.84. The highest BCUT2D eigenvalue weighted by Gasteiger charge is 2.41. The fraction of sp³-hybridized carbons (Fsp3) is 0.294. The smallest absolute Gasteiger partial charge is 0.416 e. The molecule has 9 heteroatoms. The fourth-order valence-electron chi connectivity index (χ4n) is 5.18. The minimum absolute atomic E-state index is 0.111. The number of ether oxygens (including phenoxy) is 3. The predicted molar refractivity (Wildman–Crippen MR) is 156 cm³/mol. The van der Waals surface area contributed by atoms with Gasteiger partial charge in [-0.15, -0.1) is 0 Å². The van der Waals surface area contributed by atoms with Gasteiger partial charge in [-0.1, -0.05) is 42.5 Å². The van der Waals surface area contributed by atoms with Gasteiger partial charge in [0.25, 0.3) is 0 Å². The summed E-state index contributed by atoms with van der Waals surface area (Å²) in [6.45, 7) is 5.61. The summed E-state index contributed by atoms with van der Waals surface area (Å²) >= 11 is 0. The molecule has 1 aromatic heterocycles. The van der Waals surface area contributed by atoms with Crippen LogP contribution in [0.1, 0.15) is 55.5 Å². The van der Waals surface area contributed by atoms with Crippen molar-refractivity contribution >= 4 is 5.97 Å². The van der Waals surface area contributed by atoms with E-state index in [0.717, 1.165) is 23.6 Å². The molecule has 1 unspecified atom stereocenters. The van der Waals surface area contributed by atoms with Crippen LogP contribution in [0.3, 0.4) is 0 Å². The second-order valence-electron chi connectivity index (χ2n) is 11.3. The molecule has 0 saturated carbocycles. The monoisotopic (exact) mass is 591 g/mol. The molecular formula is C34H32F3NO5. The third-order valence-corrected chi connectivity index (χ3v) is 6.98. The van der Waals surface area contributed by atoms with Gasteiger partial charge in [0.05, 0.1) is 17.8 Å². The van der Waals surface area contributed by atoms with Crippen molar-refractivity contribution in [3.63, 3.8) is 0 Å². The first kappa shape index (κ1) is 30.1. The van der Waals surface area contributed by atoms with E-state index in [4.69, 9.17) is 14.2 Å². The molecule has 43 heavy (non-hydrogen) atoms. The number of alkyl halides is 3. The molecule has 4 aromatic rings. The number of rotatable bonds is 8. The molecule has 1 aliphatic rings. The number of fused-ring (bicyclic) bond motifs is 1. The van der Waals surface area contributed by atoms with Crippen LogP contribution in [0.15, 0.2) is 79.0 Å². The zero-order valence-corrected chi connectivity index (χ0v) is 24.1. The van der Waals surface area contributed by atoms with Crippen LogP contribution < -0.4 is 9.47 Å². The highest BCUT2D eigenvalue weighted by molar-refractivity contribution is 5.91. The van der Waals surface area contributed by atoms with Crippen molar-refractivity contribution in [2.45, 2.75) is 58.1 Å². The van der Waals surface area contributed by atoms with Gasteiger partial charge in [0.2, 0.25) is 5.88 Å². The average molecular weight is 592 g/mol. The highest BCUT2D eigenvalue weighted by Crippen LogP contribution is 2.47. The number of halogens is 3. The molecule has 0 amide bonds. The van der Waals surface area contributed by atoms with Gasteiger partial charge < -0.3 is 19.3 Å². The van der Waals surface area contributed by atoms with Crippen LogP contribution in [-0.4, -0.2) is 28.3 Å². The summed E-state index contributed by atoms with van der Waals surface area (Å²) in [5.41, 5.74) is 0.590. The summed E-state index contributed by atoms with van der Waals surface area (Å²) in [5.74, 6) is -0.596. The van der Waals surface area contributed by atoms with Crippen molar-refractivity contribution in [3.8, 4) is 33.9 Å². The maximum absolute atomic E-state index is 14.6. The van der Waals surface area contributed by atoms with E-state index in [9.17, 15) is 23.1 Å². The maximum Gasteiger partial charge on any atom is 0.416 e. The van der Waals surface area contributed by atoms with Gasteiger partial charge in [-0.25, -0.2) is 9.78 Å². The van der Waals surface area contributed by atoms with E-state index >= 15 is 0 Å². The SMILES string of the molecule is CC(C)(C)OC(C(=O)O)c1c(C(F)(F)F)ccc(-c2ccnc(OCc3ccccc3)c2)c1-c1ccc2c(c1)CCCO2. The number of benzene rings is 3. The molecule has 0 radical (unpaired) electrons. The number of aliphatic carboxylic acids is 1. The number of nitrogens with zero attached hydrogens (tertiary/aromatic N) is 1. The van der Waals surface area contributed by atoms with Gasteiger partial charge >= 0.3 is 12.1 Å². The number of carboxylic acids is 1. The predicted octanol–water partition coefficient (Wildman–Crippen LogP) is 8.28. The number of aromatic nitrogens is 1. The third-order valence-electron chi connectivity index (χ3n) is 6.98. The first-order chi connectivity index (χ1) is 20.4. The van der Waals surface area contributed by atoms with Gasteiger partial charge in [-0.2, -0.15) is 13.2 Å². The number of carboxylic acid groups (broad SMARTS) is 1. The lowest BCUT2D eigenvalue weighted by molar-refractivity contribution is -0.163. The molecule has 1 atom stereocenters. The number of hydrogen-bond acceptors (Lipinski definition) is 5. The van der Waals surface area contributed by atoms with Crippen LogP contribution >= 0.6 is 0 Å². The molecule has 1 N–H and O–H groups in total. The van der Waals surface area contributed by atoms with Crippen molar-refractivity contribution in [3.05, 3.63) is 101 Å². The number of pyridine rings is 1. The minimum atomic E-state index is -4.85. The van der Waals surface area contributed by atoms with Crippen LogP contribution in [0.25, 0.3) is 22.3 Å². The quantitative estimate of drug-likeness (QED) is 0.222. The standard InChI is InChI=1S/C34H32F3NO5/c1-33(2,3)43-31(32(39)40)30-26(34(35,36)37)13-12-25(29(30)24-11-14-27-23(18-24)10-7-17-41-27)22-15-16-38-28(19-22)42-20-21-8-5-4-6-9-21/h4-6,8-9,11-16,18-19,31H,7,10,17,20H2,1-3H3,(H,39,40). The fourth-order valence-corrected chi connectivity index (χ4v) is 5.18. The van der Waals surface area contributed by atoms with Crippen molar-refractivity contribution in [2.24, 2.45) is 0 Å². The van der Waals surface area contributed by atoms with E-state index in [1.165, 1.54) is 12.3 Å². The number of hydrogen-bond donors (Lipinski definition) is 1. The van der Waals surface area contributed by atoms with Gasteiger partial charge in [-0.05, 0) is 91.3 Å². The second-order valence-corrected chi connectivity index (χ2v) is 11.3. The Kier molecular flexibility index (Phi) is 8.46. The highest BCUT2D eigenvalue weighted by atomic mass is 19.4. The largest absolute Gasteiger partial charge is 0.493 e. The summed E-state index contributed by atoms with van der Waals surface area (Å²) in [5, 5.41) is 10.3. The average Bonchev–Trinajstić information content (AvgIpc) is 2.97. The maximum atomic E-state index is 14.6. The Labute approximate surface area is 248 Å². The van der Waals surface area contributed by atoms with E-state index in [0.29, 0.717) is 35.5 Å². The normalized spacial score (nSPS) is 14.0. The topological polar surface area (TPSA) is 77.9 Å². The van der Waals surface area contributed by atoms with Crippen molar-refractivity contribution in [2.75, 3.05) is 6.61 Å². The summed E-state index contributed by atoms with van der Waals surface area (Å²) in [6, 6.07) is 20.2. The van der Waals surface area contributed by atoms with Gasteiger partial charge in [0.15, 0.2) is 6.10 Å². The first-order valence-corrected chi connectivity index (χ1v) is 13.9. The molecule has 0 fully saturated rings. The van der Waals surface area contributed by atoms with Crippen molar-refractivity contribution in [1.82, 2.24) is 4.98 Å². The minimum Gasteiger partial charge on any atom is -0.493 e. The molecule has 0 bridgehead atoms. The molecule has 0 spiro atoms. The Morgan fingerprint density at radius 1 is 1.00 bits per heavy atom. The van der Waals surface area contributed by atoms with Gasteiger partial charge in [0.1, 0.15) is 12.4 Å². The van der Waals surface area contributed by atoms with Crippen LogP contribution in [0.2, 0.25) is 0 Å². The first-order valence-electron chi connectivity index (χ1n) is 13.9. The Morgan fingerprint density at radius 2 is 1.77 bits per heavy atom.